The van der Waals surface area contributed by atoms with Gasteiger partial charge in [-0.25, -0.2) is 4.79 Å². The van der Waals surface area contributed by atoms with Gasteiger partial charge < -0.3 is 0 Å². The third-order valence-electron chi connectivity index (χ3n) is 6.17. The Kier molecular flexibility index (Phi) is 5.07. The van der Waals surface area contributed by atoms with Crippen molar-refractivity contribution in [1.29, 1.82) is 0 Å². The maximum Gasteiger partial charge on any atom is 0.501 e. The number of amides is 3. The number of nitrogens with zero attached hydrogens (tertiary/aromatic N) is 2. The molecule has 0 radical (unpaired) electrons. The summed E-state index contributed by atoms with van der Waals surface area (Å²) in [5, 5.41) is 0.918. The molecule has 2 aromatic rings. The minimum Gasteiger partial charge on any atom is -0.245 e. The lowest BCUT2D eigenvalue weighted by Gasteiger charge is -2.26. The van der Waals surface area contributed by atoms with Crippen LogP contribution in [0.25, 0.3) is 0 Å². The fraction of sp³-hybridized carbons (Fsp3) is 0.320. The zero-order valence-electron chi connectivity index (χ0n) is 17.1. The standard InChI is InChI=1S/C25H25N2O2S/c1-17-11-13-19(14-12-17)16-27-24-22(20-9-5-6-10-21(20)30-24)23(28)26(25(27)29)15-18-7-3-2-4-8-18/h2-4,7-8,11-14,22H,5-6,9-10,15-16H2,1H3/q+1. The van der Waals surface area contributed by atoms with E-state index in [1.165, 1.54) is 27.4 Å². The van der Waals surface area contributed by atoms with E-state index < -0.39 is 0 Å². The molecule has 0 fully saturated rings. The molecule has 152 valence electrons. The molecule has 0 bridgehead atoms. The summed E-state index contributed by atoms with van der Waals surface area (Å²) in [5.74, 6) is -0.337. The highest BCUT2D eigenvalue weighted by Gasteiger charge is 2.53. The number of hydrogen-bond donors (Lipinski definition) is 0. The van der Waals surface area contributed by atoms with E-state index in [4.69, 9.17) is 0 Å². The zero-order valence-corrected chi connectivity index (χ0v) is 18.0. The Bertz CT molecular complexity index is 1070. The van der Waals surface area contributed by atoms with Crippen molar-refractivity contribution in [2.24, 2.45) is 5.92 Å². The summed E-state index contributed by atoms with van der Waals surface area (Å²) < 4.78 is 1.85. The zero-order chi connectivity index (χ0) is 20.7. The molecule has 1 unspecified atom stereocenters. The number of carbonyl (C=O) groups is 2. The van der Waals surface area contributed by atoms with Crippen molar-refractivity contribution in [2.45, 2.75) is 45.7 Å². The van der Waals surface area contributed by atoms with Crippen LogP contribution in [0.4, 0.5) is 4.79 Å². The van der Waals surface area contributed by atoms with Crippen molar-refractivity contribution in [3.8, 4) is 0 Å². The van der Waals surface area contributed by atoms with Crippen LogP contribution in [0.2, 0.25) is 0 Å². The monoisotopic (exact) mass is 417 g/mol. The Morgan fingerprint density at radius 2 is 1.70 bits per heavy atom. The van der Waals surface area contributed by atoms with E-state index in [-0.39, 0.29) is 17.9 Å². The predicted molar refractivity (Wildman–Crippen MR) is 119 cm³/mol. The van der Waals surface area contributed by atoms with Gasteiger partial charge in [0, 0.05) is 0 Å². The van der Waals surface area contributed by atoms with Crippen LogP contribution in [0.5, 0.6) is 0 Å². The van der Waals surface area contributed by atoms with Gasteiger partial charge >= 0.3 is 11.9 Å². The van der Waals surface area contributed by atoms with Crippen LogP contribution in [-0.4, -0.2) is 26.5 Å². The fourth-order valence-electron chi connectivity index (χ4n) is 4.55. The van der Waals surface area contributed by atoms with Crippen LogP contribution in [0.3, 0.4) is 0 Å². The SMILES string of the molecule is Cc1ccc(C[N+]2=C3SC4=C(CCCC4)C3C(=O)N(Cc3ccccc3)C2=O)cc1. The summed E-state index contributed by atoms with van der Waals surface area (Å²) in [5.41, 5.74) is 4.51. The van der Waals surface area contributed by atoms with Crippen LogP contribution < -0.4 is 0 Å². The molecule has 5 rings (SSSR count). The first-order chi connectivity index (χ1) is 14.6. The summed E-state index contributed by atoms with van der Waals surface area (Å²) in [6.07, 6.45) is 4.28. The van der Waals surface area contributed by atoms with Gasteiger partial charge in [-0.15, -0.1) is 0 Å². The number of imide groups is 1. The third-order valence-corrected chi connectivity index (χ3v) is 7.54. The Morgan fingerprint density at radius 1 is 0.967 bits per heavy atom. The number of thioether (sulfide) groups is 1. The van der Waals surface area contributed by atoms with Crippen LogP contribution in [0.1, 0.15) is 42.4 Å². The highest BCUT2D eigenvalue weighted by Crippen LogP contribution is 2.48. The molecular formula is C25H25N2O2S+. The Hall–Kier alpha value is -2.66. The molecule has 30 heavy (non-hydrogen) atoms. The molecule has 0 N–H and O–H groups in total. The van der Waals surface area contributed by atoms with E-state index in [2.05, 4.69) is 31.2 Å². The number of carbonyl (C=O) groups excluding carboxylic acids is 2. The van der Waals surface area contributed by atoms with Gasteiger partial charge in [-0.1, -0.05) is 71.9 Å². The Labute approximate surface area is 181 Å². The van der Waals surface area contributed by atoms with Crippen molar-refractivity contribution in [1.82, 2.24) is 4.90 Å². The predicted octanol–water partition coefficient (Wildman–Crippen LogP) is 5.26. The quantitative estimate of drug-likeness (QED) is 0.637. The van der Waals surface area contributed by atoms with E-state index in [0.717, 1.165) is 35.4 Å². The summed E-state index contributed by atoms with van der Waals surface area (Å²) in [7, 11) is 0. The molecule has 2 aliphatic heterocycles. The first-order valence-electron chi connectivity index (χ1n) is 10.6. The van der Waals surface area contributed by atoms with Gasteiger partial charge in [-0.2, -0.15) is 14.3 Å². The summed E-state index contributed by atoms with van der Waals surface area (Å²) >= 11 is 1.68. The lowest BCUT2D eigenvalue weighted by atomic mass is 9.88. The molecule has 1 atom stereocenters. The van der Waals surface area contributed by atoms with E-state index in [1.807, 2.05) is 34.9 Å². The average Bonchev–Trinajstić information content (AvgIpc) is 3.16. The Morgan fingerprint density at radius 3 is 2.47 bits per heavy atom. The molecule has 0 aromatic heterocycles. The molecule has 5 heteroatoms. The normalized spacial score (nSPS) is 21.2. The number of allylic oxidation sites excluding steroid dienone is 1. The van der Waals surface area contributed by atoms with Crippen LogP contribution in [-0.2, 0) is 17.9 Å². The number of urea groups is 1. The van der Waals surface area contributed by atoms with E-state index >= 15 is 0 Å². The van der Waals surface area contributed by atoms with E-state index in [9.17, 15) is 9.59 Å². The maximum absolute atomic E-state index is 13.5. The van der Waals surface area contributed by atoms with Crippen molar-refractivity contribution >= 4 is 28.7 Å². The van der Waals surface area contributed by atoms with Crippen molar-refractivity contribution in [3.05, 3.63) is 81.8 Å². The topological polar surface area (TPSA) is 40.4 Å². The molecule has 4 nitrogen and oxygen atoms in total. The van der Waals surface area contributed by atoms with Crippen molar-refractivity contribution < 1.29 is 14.2 Å². The van der Waals surface area contributed by atoms with Gasteiger partial charge in [0.15, 0.2) is 11.0 Å². The summed E-state index contributed by atoms with van der Waals surface area (Å²) in [6.45, 7) is 2.88. The first kappa shape index (κ1) is 19.3. The number of aryl methyl sites for hydroxylation is 1. The largest absolute Gasteiger partial charge is 0.501 e. The lowest BCUT2D eigenvalue weighted by molar-refractivity contribution is -0.454. The van der Waals surface area contributed by atoms with Gasteiger partial charge in [0.25, 0.3) is 0 Å². The molecule has 2 heterocycles. The van der Waals surface area contributed by atoms with E-state index in [0.29, 0.717) is 13.1 Å². The van der Waals surface area contributed by atoms with Gasteiger partial charge in [-0.3, -0.25) is 0 Å². The lowest BCUT2D eigenvalue weighted by Crippen LogP contribution is -2.52. The molecule has 1 aliphatic carbocycles. The van der Waals surface area contributed by atoms with Crippen molar-refractivity contribution in [2.75, 3.05) is 0 Å². The second-order valence-electron chi connectivity index (χ2n) is 8.29. The maximum atomic E-state index is 13.5. The second-order valence-corrected chi connectivity index (χ2v) is 9.41. The molecule has 0 saturated heterocycles. The summed E-state index contributed by atoms with van der Waals surface area (Å²) in [4.78, 5) is 29.8. The van der Waals surface area contributed by atoms with Crippen LogP contribution in [0, 0.1) is 12.8 Å². The average molecular weight is 418 g/mol. The highest BCUT2D eigenvalue weighted by atomic mass is 32.2. The molecule has 2 aromatic carbocycles. The number of fused-ring (bicyclic) bond motifs is 2. The van der Waals surface area contributed by atoms with Crippen LogP contribution >= 0.6 is 11.8 Å². The first-order valence-corrected chi connectivity index (χ1v) is 11.4. The highest BCUT2D eigenvalue weighted by molar-refractivity contribution is 8.17. The Balaban J connectivity index is 1.55. The summed E-state index contributed by atoms with van der Waals surface area (Å²) in [6, 6.07) is 17.9. The van der Waals surface area contributed by atoms with Gasteiger partial charge in [0.05, 0.1) is 0 Å². The van der Waals surface area contributed by atoms with Crippen LogP contribution in [0.15, 0.2) is 65.1 Å². The molecular weight excluding hydrogens is 392 g/mol. The minimum absolute atomic E-state index is 0.0570. The fourth-order valence-corrected chi connectivity index (χ4v) is 6.01. The number of benzene rings is 2. The molecule has 3 amide bonds. The minimum atomic E-state index is -0.280. The van der Waals surface area contributed by atoms with Gasteiger partial charge in [-0.05, 0) is 54.2 Å². The molecule has 3 aliphatic rings. The van der Waals surface area contributed by atoms with Gasteiger partial charge in [0.1, 0.15) is 13.1 Å². The van der Waals surface area contributed by atoms with Gasteiger partial charge in [0.2, 0.25) is 0 Å². The smallest absolute Gasteiger partial charge is 0.245 e. The second kappa shape index (κ2) is 7.88. The third kappa shape index (κ3) is 3.41. The number of hydrogen-bond acceptors (Lipinski definition) is 3. The van der Waals surface area contributed by atoms with Crippen molar-refractivity contribution in [3.63, 3.8) is 0 Å². The number of rotatable bonds is 4. The van der Waals surface area contributed by atoms with E-state index in [1.54, 1.807) is 11.8 Å². The molecule has 0 spiro atoms. The molecule has 0 saturated carbocycles.